The van der Waals surface area contributed by atoms with Crippen molar-refractivity contribution >= 4 is 22.8 Å². The number of nitrogen functional groups attached to an aromatic ring is 1. The van der Waals surface area contributed by atoms with Crippen LogP contribution in [0.2, 0.25) is 0 Å². The molecule has 0 aliphatic heterocycles. The molecule has 0 unspecified atom stereocenters. The van der Waals surface area contributed by atoms with Crippen LogP contribution in [0.25, 0.3) is 11.0 Å². The summed E-state index contributed by atoms with van der Waals surface area (Å²) in [6, 6.07) is 1.86. The zero-order chi connectivity index (χ0) is 12.4. The fraction of sp³-hybridized carbons (Fsp3) is 0.364. The quantitative estimate of drug-likeness (QED) is 0.797. The molecule has 6 nitrogen and oxygen atoms in total. The number of rotatable bonds is 3. The summed E-state index contributed by atoms with van der Waals surface area (Å²) >= 11 is 0. The van der Waals surface area contributed by atoms with Crippen molar-refractivity contribution in [3.05, 3.63) is 18.1 Å². The number of ether oxygens (including phenoxy) is 1. The molecule has 0 atom stereocenters. The maximum atomic E-state index is 11.5. The Hall–Kier alpha value is -2.11. The molecule has 17 heavy (non-hydrogen) atoms. The fourth-order valence-corrected chi connectivity index (χ4v) is 1.74. The van der Waals surface area contributed by atoms with Crippen molar-refractivity contribution in [3.63, 3.8) is 0 Å². The molecule has 2 N–H and O–H groups in total. The molecule has 0 radical (unpaired) electrons. The van der Waals surface area contributed by atoms with Crippen molar-refractivity contribution in [3.8, 4) is 0 Å². The highest BCUT2D eigenvalue weighted by Gasteiger charge is 2.13. The molecule has 2 aromatic rings. The topological polar surface area (TPSA) is 83.0 Å². The van der Waals surface area contributed by atoms with Gasteiger partial charge in [0.15, 0.2) is 0 Å². The number of nitrogens with zero attached hydrogens (tertiary/aromatic N) is 3. The summed E-state index contributed by atoms with van der Waals surface area (Å²) in [6.07, 6.45) is 1.39. The Balaban J connectivity index is 2.43. The van der Waals surface area contributed by atoms with Gasteiger partial charge in [0.1, 0.15) is 24.3 Å². The van der Waals surface area contributed by atoms with E-state index in [0.717, 1.165) is 11.1 Å². The smallest absolute Gasteiger partial charge is 0.326 e. The third kappa shape index (κ3) is 2.06. The van der Waals surface area contributed by atoms with Gasteiger partial charge in [-0.15, -0.1) is 0 Å². The number of aromatic nitrogens is 3. The fourth-order valence-electron chi connectivity index (χ4n) is 1.74. The number of carbonyl (C=O) groups excluding carboxylic acids is 1. The van der Waals surface area contributed by atoms with Crippen LogP contribution in [0.15, 0.2) is 12.4 Å². The van der Waals surface area contributed by atoms with E-state index in [9.17, 15) is 4.79 Å². The summed E-state index contributed by atoms with van der Waals surface area (Å²) in [5.41, 5.74) is 7.31. The van der Waals surface area contributed by atoms with Crippen LogP contribution >= 0.6 is 0 Å². The van der Waals surface area contributed by atoms with Gasteiger partial charge >= 0.3 is 5.97 Å². The van der Waals surface area contributed by atoms with Gasteiger partial charge in [0.05, 0.1) is 12.0 Å². The maximum absolute atomic E-state index is 11.5. The zero-order valence-corrected chi connectivity index (χ0v) is 9.80. The standard InChI is InChI=1S/C11H14N4O2/c1-3-17-9(16)5-15-7(2)4-8-10(12)13-6-14-11(8)15/h4,6H,3,5H2,1-2H3,(H2,12,13,14). The summed E-state index contributed by atoms with van der Waals surface area (Å²) in [5.74, 6) is 0.131. The largest absolute Gasteiger partial charge is 0.465 e. The van der Waals surface area contributed by atoms with E-state index in [-0.39, 0.29) is 12.5 Å². The first-order valence-corrected chi connectivity index (χ1v) is 5.35. The molecule has 2 heterocycles. The Morgan fingerprint density at radius 3 is 3.00 bits per heavy atom. The molecule has 2 aromatic heterocycles. The highest BCUT2D eigenvalue weighted by molar-refractivity contribution is 5.88. The predicted molar refractivity (Wildman–Crippen MR) is 63.3 cm³/mol. The molecule has 0 fully saturated rings. The first-order chi connectivity index (χ1) is 8.13. The molecule has 0 saturated carbocycles. The lowest BCUT2D eigenvalue weighted by Crippen LogP contribution is -2.14. The van der Waals surface area contributed by atoms with Crippen LogP contribution in [0.1, 0.15) is 12.6 Å². The lowest BCUT2D eigenvalue weighted by Gasteiger charge is -2.06. The molecule has 6 heteroatoms. The molecule has 0 bridgehead atoms. The summed E-state index contributed by atoms with van der Waals surface area (Å²) in [7, 11) is 0. The number of anilines is 1. The Labute approximate surface area is 98.4 Å². The number of carbonyl (C=O) groups is 1. The van der Waals surface area contributed by atoms with Crippen molar-refractivity contribution in [2.24, 2.45) is 0 Å². The van der Waals surface area contributed by atoms with Crippen molar-refractivity contribution in [2.75, 3.05) is 12.3 Å². The minimum Gasteiger partial charge on any atom is -0.465 e. The molecular formula is C11H14N4O2. The third-order valence-corrected chi connectivity index (χ3v) is 2.52. The first kappa shape index (κ1) is 11.4. The summed E-state index contributed by atoms with van der Waals surface area (Å²) in [6.45, 7) is 4.17. The molecule has 90 valence electrons. The van der Waals surface area contributed by atoms with Gasteiger partial charge in [-0.05, 0) is 19.9 Å². The van der Waals surface area contributed by atoms with Gasteiger partial charge in [-0.3, -0.25) is 4.79 Å². The number of fused-ring (bicyclic) bond motifs is 1. The van der Waals surface area contributed by atoms with E-state index in [1.807, 2.05) is 13.0 Å². The molecule has 0 spiro atoms. The van der Waals surface area contributed by atoms with Gasteiger partial charge in [0.2, 0.25) is 0 Å². The van der Waals surface area contributed by atoms with Crippen molar-refractivity contribution in [1.82, 2.24) is 14.5 Å². The highest BCUT2D eigenvalue weighted by atomic mass is 16.5. The monoisotopic (exact) mass is 234 g/mol. The minimum atomic E-state index is -0.287. The predicted octanol–water partition coefficient (Wildman–Crippen LogP) is 0.885. The Kier molecular flexibility index (Phi) is 2.95. The van der Waals surface area contributed by atoms with E-state index in [0.29, 0.717) is 18.1 Å². The van der Waals surface area contributed by atoms with E-state index in [1.165, 1.54) is 6.33 Å². The zero-order valence-electron chi connectivity index (χ0n) is 9.80. The second kappa shape index (κ2) is 4.40. The van der Waals surface area contributed by atoms with Crippen molar-refractivity contribution in [2.45, 2.75) is 20.4 Å². The lowest BCUT2D eigenvalue weighted by molar-refractivity contribution is -0.143. The van der Waals surface area contributed by atoms with Crippen LogP contribution in [0, 0.1) is 6.92 Å². The number of esters is 1. The van der Waals surface area contributed by atoms with Gasteiger partial charge in [-0.25, -0.2) is 9.97 Å². The minimum absolute atomic E-state index is 0.139. The maximum Gasteiger partial charge on any atom is 0.326 e. The Morgan fingerprint density at radius 1 is 1.53 bits per heavy atom. The second-order valence-electron chi connectivity index (χ2n) is 3.67. The van der Waals surface area contributed by atoms with Crippen molar-refractivity contribution in [1.29, 1.82) is 0 Å². The Bertz CT molecular complexity index is 562. The average Bonchev–Trinajstić information content (AvgIpc) is 2.58. The molecule has 0 aromatic carbocycles. The second-order valence-corrected chi connectivity index (χ2v) is 3.67. The highest BCUT2D eigenvalue weighted by Crippen LogP contribution is 2.20. The van der Waals surface area contributed by atoms with Crippen molar-refractivity contribution < 1.29 is 9.53 Å². The summed E-state index contributed by atoms with van der Waals surface area (Å²) in [4.78, 5) is 19.5. The first-order valence-electron chi connectivity index (χ1n) is 5.35. The van der Waals surface area contributed by atoms with Crippen LogP contribution in [-0.4, -0.2) is 27.1 Å². The normalized spacial score (nSPS) is 10.7. The van der Waals surface area contributed by atoms with Crippen LogP contribution in [0.4, 0.5) is 5.82 Å². The van der Waals surface area contributed by atoms with E-state index < -0.39 is 0 Å². The van der Waals surface area contributed by atoms with Crippen LogP contribution in [-0.2, 0) is 16.1 Å². The third-order valence-electron chi connectivity index (χ3n) is 2.52. The van der Waals surface area contributed by atoms with Crippen LogP contribution in [0.5, 0.6) is 0 Å². The van der Waals surface area contributed by atoms with Gasteiger partial charge in [-0.2, -0.15) is 0 Å². The molecular weight excluding hydrogens is 220 g/mol. The molecule has 2 rings (SSSR count). The van der Waals surface area contributed by atoms with Gasteiger partial charge in [-0.1, -0.05) is 0 Å². The van der Waals surface area contributed by atoms with Gasteiger partial charge in [0, 0.05) is 5.69 Å². The molecule has 0 aliphatic carbocycles. The summed E-state index contributed by atoms with van der Waals surface area (Å²) < 4.78 is 6.68. The van der Waals surface area contributed by atoms with E-state index in [1.54, 1.807) is 11.5 Å². The molecule has 0 amide bonds. The number of nitrogens with two attached hydrogens (primary N) is 1. The molecule has 0 saturated heterocycles. The molecule has 0 aliphatic rings. The van der Waals surface area contributed by atoms with E-state index in [2.05, 4.69) is 9.97 Å². The SMILES string of the molecule is CCOC(=O)Cn1c(C)cc2c(N)ncnc21. The number of aryl methyl sites for hydroxylation is 1. The summed E-state index contributed by atoms with van der Waals surface area (Å²) in [5, 5.41) is 0.759. The van der Waals surface area contributed by atoms with Crippen LogP contribution < -0.4 is 5.73 Å². The van der Waals surface area contributed by atoms with Crippen LogP contribution in [0.3, 0.4) is 0 Å². The van der Waals surface area contributed by atoms with Gasteiger partial charge in [0.25, 0.3) is 0 Å². The van der Waals surface area contributed by atoms with E-state index >= 15 is 0 Å². The van der Waals surface area contributed by atoms with E-state index in [4.69, 9.17) is 10.5 Å². The number of hydrogen-bond acceptors (Lipinski definition) is 5. The number of hydrogen-bond donors (Lipinski definition) is 1. The average molecular weight is 234 g/mol. The lowest BCUT2D eigenvalue weighted by atomic mass is 10.3. The van der Waals surface area contributed by atoms with Gasteiger partial charge < -0.3 is 15.0 Å². The Morgan fingerprint density at radius 2 is 2.29 bits per heavy atom.